The fourth-order valence-electron chi connectivity index (χ4n) is 3.16. The summed E-state index contributed by atoms with van der Waals surface area (Å²) < 4.78 is 10.4. The number of ether oxygens (including phenoxy) is 1. The van der Waals surface area contributed by atoms with Gasteiger partial charge in [0.1, 0.15) is 23.4 Å². The molecule has 3 aromatic heterocycles. The SMILES string of the molecule is CC(=O)N1CCC(Oc2ccc(-c3nsc(Nc4ncccc4C)n3)nc2)CC1. The van der Waals surface area contributed by atoms with Crippen molar-refractivity contribution in [1.82, 2.24) is 24.2 Å². The van der Waals surface area contributed by atoms with Gasteiger partial charge in [-0.2, -0.15) is 9.36 Å². The predicted octanol–water partition coefficient (Wildman–Crippen LogP) is 3.44. The van der Waals surface area contributed by atoms with E-state index in [-0.39, 0.29) is 12.0 Å². The molecule has 0 spiro atoms. The highest BCUT2D eigenvalue weighted by atomic mass is 32.1. The van der Waals surface area contributed by atoms with Crippen LogP contribution in [-0.4, -0.2) is 49.3 Å². The number of hydrogen-bond acceptors (Lipinski definition) is 8. The molecule has 3 aromatic rings. The van der Waals surface area contributed by atoms with Crippen molar-refractivity contribution in [3.63, 3.8) is 0 Å². The summed E-state index contributed by atoms with van der Waals surface area (Å²) in [5, 5.41) is 3.86. The highest BCUT2D eigenvalue weighted by molar-refractivity contribution is 7.09. The lowest BCUT2D eigenvalue weighted by atomic mass is 10.1. The molecule has 0 atom stereocenters. The van der Waals surface area contributed by atoms with E-state index in [1.54, 1.807) is 19.3 Å². The van der Waals surface area contributed by atoms with Crippen molar-refractivity contribution in [2.24, 2.45) is 0 Å². The first-order valence-electron chi connectivity index (χ1n) is 9.49. The normalized spacial score (nSPS) is 14.6. The Morgan fingerprint density at radius 1 is 1.24 bits per heavy atom. The van der Waals surface area contributed by atoms with Gasteiger partial charge in [0, 0.05) is 50.6 Å². The Morgan fingerprint density at radius 3 is 2.76 bits per heavy atom. The zero-order valence-electron chi connectivity index (χ0n) is 16.3. The number of hydrogen-bond donors (Lipinski definition) is 1. The standard InChI is InChI=1S/C20H22N6O2S/c1-13-4-3-9-21-18(13)23-20-24-19(25-29-20)17-6-5-16(12-22-17)28-15-7-10-26(11-8-15)14(2)27/h3-6,9,12,15H,7-8,10-11H2,1-2H3,(H,21,23,24,25). The van der Waals surface area contributed by atoms with Crippen LogP contribution in [-0.2, 0) is 4.79 Å². The summed E-state index contributed by atoms with van der Waals surface area (Å²) in [5.41, 5.74) is 1.73. The van der Waals surface area contributed by atoms with Crippen LogP contribution in [0.25, 0.3) is 11.5 Å². The van der Waals surface area contributed by atoms with Crippen molar-refractivity contribution in [1.29, 1.82) is 0 Å². The monoisotopic (exact) mass is 410 g/mol. The lowest BCUT2D eigenvalue weighted by molar-refractivity contribution is -0.130. The summed E-state index contributed by atoms with van der Waals surface area (Å²) in [6.45, 7) is 5.07. The Balaban J connectivity index is 1.37. The van der Waals surface area contributed by atoms with Crippen LogP contribution in [0.15, 0.2) is 36.7 Å². The van der Waals surface area contributed by atoms with Gasteiger partial charge in [-0.05, 0) is 30.7 Å². The predicted molar refractivity (Wildman–Crippen MR) is 111 cm³/mol. The number of aromatic nitrogens is 4. The number of nitrogens with one attached hydrogen (secondary N) is 1. The van der Waals surface area contributed by atoms with Crippen LogP contribution in [0, 0.1) is 6.92 Å². The number of aryl methyl sites for hydroxylation is 1. The molecule has 4 rings (SSSR count). The molecule has 1 aliphatic rings. The number of carbonyl (C=O) groups is 1. The van der Waals surface area contributed by atoms with Crippen molar-refractivity contribution in [3.8, 4) is 17.3 Å². The van der Waals surface area contributed by atoms with Crippen LogP contribution in [0.2, 0.25) is 0 Å². The zero-order chi connectivity index (χ0) is 20.2. The first-order valence-corrected chi connectivity index (χ1v) is 10.3. The van der Waals surface area contributed by atoms with Gasteiger partial charge in [-0.3, -0.25) is 4.79 Å². The molecule has 0 bridgehead atoms. The third-order valence-corrected chi connectivity index (χ3v) is 5.45. The van der Waals surface area contributed by atoms with Gasteiger partial charge < -0.3 is 15.0 Å². The zero-order valence-corrected chi connectivity index (χ0v) is 17.1. The van der Waals surface area contributed by atoms with Crippen molar-refractivity contribution in [2.45, 2.75) is 32.8 Å². The summed E-state index contributed by atoms with van der Waals surface area (Å²) in [6, 6.07) is 7.63. The summed E-state index contributed by atoms with van der Waals surface area (Å²) in [5.74, 6) is 2.17. The Labute approximate surface area is 173 Å². The van der Waals surface area contributed by atoms with Gasteiger partial charge in [-0.1, -0.05) is 6.07 Å². The maximum absolute atomic E-state index is 11.4. The minimum Gasteiger partial charge on any atom is -0.489 e. The number of piperidine rings is 1. The van der Waals surface area contributed by atoms with E-state index in [0.29, 0.717) is 22.4 Å². The molecule has 1 saturated heterocycles. The molecular weight excluding hydrogens is 388 g/mol. The van der Waals surface area contributed by atoms with Gasteiger partial charge in [-0.15, -0.1) is 0 Å². The van der Waals surface area contributed by atoms with E-state index in [4.69, 9.17) is 4.74 Å². The quantitative estimate of drug-likeness (QED) is 0.689. The minimum atomic E-state index is 0.105. The highest BCUT2D eigenvalue weighted by Gasteiger charge is 2.22. The second-order valence-corrected chi connectivity index (χ2v) is 7.67. The maximum Gasteiger partial charge on any atom is 0.219 e. The van der Waals surface area contributed by atoms with Gasteiger partial charge in [0.25, 0.3) is 0 Å². The summed E-state index contributed by atoms with van der Waals surface area (Å²) in [6.07, 6.45) is 5.20. The van der Waals surface area contributed by atoms with Crippen molar-refractivity contribution in [2.75, 3.05) is 18.4 Å². The smallest absolute Gasteiger partial charge is 0.219 e. The number of carbonyl (C=O) groups excluding carboxylic acids is 1. The van der Waals surface area contributed by atoms with Crippen LogP contribution in [0.3, 0.4) is 0 Å². The molecule has 9 heteroatoms. The lowest BCUT2D eigenvalue weighted by Gasteiger charge is -2.31. The molecule has 150 valence electrons. The molecule has 1 amide bonds. The second kappa shape index (κ2) is 8.52. The number of anilines is 2. The fraction of sp³-hybridized carbons (Fsp3) is 0.350. The molecule has 29 heavy (non-hydrogen) atoms. The van der Waals surface area contributed by atoms with E-state index in [1.165, 1.54) is 11.5 Å². The highest BCUT2D eigenvalue weighted by Crippen LogP contribution is 2.25. The fourth-order valence-corrected chi connectivity index (χ4v) is 3.74. The molecule has 0 aromatic carbocycles. The van der Waals surface area contributed by atoms with E-state index in [0.717, 1.165) is 37.3 Å². The Kier molecular flexibility index (Phi) is 5.66. The van der Waals surface area contributed by atoms with Gasteiger partial charge in [0.15, 0.2) is 5.82 Å². The van der Waals surface area contributed by atoms with E-state index in [9.17, 15) is 4.79 Å². The average Bonchev–Trinajstić information content (AvgIpc) is 3.19. The molecule has 8 nitrogen and oxygen atoms in total. The molecule has 0 aliphatic carbocycles. The molecule has 1 aliphatic heterocycles. The van der Waals surface area contributed by atoms with Gasteiger partial charge in [0.05, 0.1) is 6.20 Å². The van der Waals surface area contributed by atoms with Gasteiger partial charge in [0.2, 0.25) is 11.0 Å². The number of pyridine rings is 2. The average molecular weight is 411 g/mol. The molecule has 4 heterocycles. The second-order valence-electron chi connectivity index (χ2n) is 6.92. The van der Waals surface area contributed by atoms with Crippen LogP contribution in [0.4, 0.5) is 10.9 Å². The third-order valence-electron chi connectivity index (χ3n) is 4.82. The number of likely N-dealkylation sites (tertiary alicyclic amines) is 1. The van der Waals surface area contributed by atoms with Crippen molar-refractivity contribution >= 4 is 28.4 Å². The summed E-state index contributed by atoms with van der Waals surface area (Å²) >= 11 is 1.27. The minimum absolute atomic E-state index is 0.105. The first kappa shape index (κ1) is 19.3. The maximum atomic E-state index is 11.4. The van der Waals surface area contributed by atoms with Crippen LogP contribution in [0.1, 0.15) is 25.3 Å². The third kappa shape index (κ3) is 4.68. The lowest BCUT2D eigenvalue weighted by Crippen LogP contribution is -2.40. The molecule has 0 saturated carbocycles. The Hall–Kier alpha value is -3.07. The van der Waals surface area contributed by atoms with E-state index < -0.39 is 0 Å². The molecule has 0 radical (unpaired) electrons. The van der Waals surface area contributed by atoms with Crippen molar-refractivity contribution in [3.05, 3.63) is 42.2 Å². The molecule has 1 N–H and O–H groups in total. The summed E-state index contributed by atoms with van der Waals surface area (Å²) in [7, 11) is 0. The van der Waals surface area contributed by atoms with Gasteiger partial charge in [-0.25, -0.2) is 9.97 Å². The molecular formula is C20H22N6O2S. The number of nitrogens with zero attached hydrogens (tertiary/aromatic N) is 5. The van der Waals surface area contributed by atoms with Crippen LogP contribution < -0.4 is 10.1 Å². The first-order chi connectivity index (χ1) is 14.1. The van der Waals surface area contributed by atoms with Crippen molar-refractivity contribution < 1.29 is 9.53 Å². The molecule has 1 fully saturated rings. The molecule has 0 unspecified atom stereocenters. The van der Waals surface area contributed by atoms with E-state index in [2.05, 4.69) is 24.6 Å². The Morgan fingerprint density at radius 2 is 2.07 bits per heavy atom. The Bertz CT molecular complexity index is 983. The summed E-state index contributed by atoms with van der Waals surface area (Å²) in [4.78, 5) is 26.5. The van der Waals surface area contributed by atoms with Gasteiger partial charge >= 0.3 is 0 Å². The van der Waals surface area contributed by atoms with Crippen LogP contribution in [0.5, 0.6) is 5.75 Å². The topological polar surface area (TPSA) is 93.1 Å². The van der Waals surface area contributed by atoms with E-state index in [1.807, 2.05) is 36.1 Å². The number of amides is 1. The largest absolute Gasteiger partial charge is 0.489 e. The number of rotatable bonds is 5. The van der Waals surface area contributed by atoms with Crippen LogP contribution >= 0.6 is 11.5 Å². The van der Waals surface area contributed by atoms with E-state index >= 15 is 0 Å².